The van der Waals surface area contributed by atoms with Gasteiger partial charge in [-0.25, -0.2) is 4.79 Å². The van der Waals surface area contributed by atoms with Gasteiger partial charge in [-0.1, -0.05) is 19.3 Å². The fraction of sp³-hybridized carbons (Fsp3) is 0.857. The molecule has 1 saturated carbocycles. The molecule has 5 heteroatoms. The van der Waals surface area contributed by atoms with E-state index in [2.05, 4.69) is 10.6 Å². The largest absolute Gasteiger partial charge is 0.444 e. The lowest BCUT2D eigenvalue weighted by molar-refractivity contribution is -0.133. The first-order valence-electron chi connectivity index (χ1n) is 7.17. The summed E-state index contributed by atoms with van der Waals surface area (Å²) in [5, 5.41) is 5.62. The second-order valence-electron chi connectivity index (χ2n) is 6.56. The highest BCUT2D eigenvalue weighted by atomic mass is 16.6. The molecule has 0 radical (unpaired) electrons. The lowest BCUT2D eigenvalue weighted by atomic mass is 9.77. The molecule has 2 aliphatic rings. The molecule has 0 aromatic heterocycles. The molecule has 1 aliphatic heterocycles. The maximum atomic E-state index is 11.7. The first kappa shape index (κ1) is 14.2. The number of β-lactam (4-membered cyclic amide) rings is 1. The smallest absolute Gasteiger partial charge is 0.408 e. The number of hydrogen-bond donors (Lipinski definition) is 2. The van der Waals surface area contributed by atoms with Crippen LogP contribution in [0.25, 0.3) is 0 Å². The van der Waals surface area contributed by atoms with E-state index in [1.165, 1.54) is 19.3 Å². The predicted octanol–water partition coefficient (Wildman–Crippen LogP) is 1.96. The van der Waals surface area contributed by atoms with Gasteiger partial charge in [0.25, 0.3) is 0 Å². The van der Waals surface area contributed by atoms with Crippen LogP contribution in [0.5, 0.6) is 0 Å². The van der Waals surface area contributed by atoms with Gasteiger partial charge in [0.2, 0.25) is 5.91 Å². The maximum Gasteiger partial charge on any atom is 0.408 e. The molecule has 1 aliphatic carbocycles. The van der Waals surface area contributed by atoms with Crippen LogP contribution in [0.4, 0.5) is 4.79 Å². The number of nitrogens with one attached hydrogen (secondary N) is 2. The molecule has 108 valence electrons. The number of rotatable bonds is 2. The van der Waals surface area contributed by atoms with Gasteiger partial charge in [-0.15, -0.1) is 0 Å². The highest BCUT2D eigenvalue weighted by Gasteiger charge is 2.45. The van der Waals surface area contributed by atoms with Crippen molar-refractivity contribution in [3.63, 3.8) is 0 Å². The Balaban J connectivity index is 1.87. The molecule has 0 bridgehead atoms. The molecule has 0 spiro atoms. The van der Waals surface area contributed by atoms with Crippen LogP contribution in [0, 0.1) is 5.92 Å². The summed E-state index contributed by atoms with van der Waals surface area (Å²) in [5.41, 5.74) is -0.537. The molecule has 2 N–H and O–H groups in total. The lowest BCUT2D eigenvalue weighted by Crippen LogP contribution is -2.71. The van der Waals surface area contributed by atoms with E-state index in [-0.39, 0.29) is 11.9 Å². The highest BCUT2D eigenvalue weighted by molar-refractivity contribution is 5.92. The third-order valence-electron chi connectivity index (χ3n) is 3.78. The molecule has 0 aromatic carbocycles. The number of amides is 2. The molecular weight excluding hydrogens is 244 g/mol. The van der Waals surface area contributed by atoms with Crippen LogP contribution in [0.3, 0.4) is 0 Å². The Bertz CT molecular complexity index is 356. The third kappa shape index (κ3) is 3.61. The number of carbonyl (C=O) groups is 2. The minimum Gasteiger partial charge on any atom is -0.444 e. The monoisotopic (exact) mass is 268 g/mol. The van der Waals surface area contributed by atoms with Crippen LogP contribution in [0.1, 0.15) is 52.9 Å². The van der Waals surface area contributed by atoms with Crippen molar-refractivity contribution < 1.29 is 14.3 Å². The molecule has 0 aromatic rings. The molecule has 1 heterocycles. The van der Waals surface area contributed by atoms with Crippen molar-refractivity contribution in [2.45, 2.75) is 70.6 Å². The van der Waals surface area contributed by atoms with Crippen LogP contribution in [0.2, 0.25) is 0 Å². The fourth-order valence-corrected chi connectivity index (χ4v) is 2.88. The van der Waals surface area contributed by atoms with E-state index in [0.29, 0.717) is 5.92 Å². The van der Waals surface area contributed by atoms with Gasteiger partial charge >= 0.3 is 6.09 Å². The third-order valence-corrected chi connectivity index (χ3v) is 3.78. The summed E-state index contributed by atoms with van der Waals surface area (Å²) in [6.07, 6.45) is 5.48. The summed E-state index contributed by atoms with van der Waals surface area (Å²) in [6, 6.07) is -0.335. The number of carbonyl (C=O) groups excluding carboxylic acids is 2. The van der Waals surface area contributed by atoms with Crippen molar-refractivity contribution in [2.75, 3.05) is 0 Å². The SMILES string of the molecule is CC(C)(C)OC(=O)N[C@H]1C(=O)N[C@@H]1C1CCCCC1. The first-order chi connectivity index (χ1) is 8.87. The summed E-state index contributed by atoms with van der Waals surface area (Å²) in [5.74, 6) is 0.396. The van der Waals surface area contributed by atoms with Crippen molar-refractivity contribution in [3.05, 3.63) is 0 Å². The Hall–Kier alpha value is -1.26. The molecular formula is C14H24N2O3. The average molecular weight is 268 g/mol. The zero-order valence-corrected chi connectivity index (χ0v) is 12.0. The Morgan fingerprint density at radius 3 is 2.42 bits per heavy atom. The van der Waals surface area contributed by atoms with Crippen LogP contribution >= 0.6 is 0 Å². The average Bonchev–Trinajstić information content (AvgIpc) is 2.32. The minimum absolute atomic E-state index is 0.0836. The zero-order valence-electron chi connectivity index (χ0n) is 12.0. The van der Waals surface area contributed by atoms with Crippen LogP contribution in [-0.2, 0) is 9.53 Å². The maximum absolute atomic E-state index is 11.7. The second kappa shape index (κ2) is 5.39. The van der Waals surface area contributed by atoms with E-state index >= 15 is 0 Å². The molecule has 1 saturated heterocycles. The first-order valence-corrected chi connectivity index (χ1v) is 7.17. The topological polar surface area (TPSA) is 67.4 Å². The molecule has 2 amide bonds. The summed E-state index contributed by atoms with van der Waals surface area (Å²) in [4.78, 5) is 23.3. The van der Waals surface area contributed by atoms with Crippen molar-refractivity contribution in [3.8, 4) is 0 Å². The van der Waals surface area contributed by atoms with Crippen LogP contribution in [-0.4, -0.2) is 29.7 Å². The summed E-state index contributed by atoms with van der Waals surface area (Å²) in [7, 11) is 0. The molecule has 2 atom stereocenters. The van der Waals surface area contributed by atoms with Crippen LogP contribution < -0.4 is 10.6 Å². The van der Waals surface area contributed by atoms with E-state index in [1.807, 2.05) is 20.8 Å². The van der Waals surface area contributed by atoms with Gasteiger partial charge in [0.15, 0.2) is 0 Å². The molecule has 2 rings (SSSR count). The number of ether oxygens (including phenoxy) is 1. The normalized spacial score (nSPS) is 28.3. The quantitative estimate of drug-likeness (QED) is 0.752. The second-order valence-corrected chi connectivity index (χ2v) is 6.56. The Kier molecular flexibility index (Phi) is 4.02. The highest BCUT2D eigenvalue weighted by Crippen LogP contribution is 2.30. The molecule has 0 unspecified atom stereocenters. The summed E-state index contributed by atoms with van der Waals surface area (Å²) in [6.45, 7) is 5.43. The number of hydrogen-bond acceptors (Lipinski definition) is 3. The van der Waals surface area contributed by atoms with E-state index in [1.54, 1.807) is 0 Å². The molecule has 5 nitrogen and oxygen atoms in total. The van der Waals surface area contributed by atoms with E-state index < -0.39 is 17.7 Å². The van der Waals surface area contributed by atoms with Crippen molar-refractivity contribution >= 4 is 12.0 Å². The van der Waals surface area contributed by atoms with Gasteiger partial charge < -0.3 is 15.4 Å². The minimum atomic E-state index is -0.537. The van der Waals surface area contributed by atoms with Crippen molar-refractivity contribution in [2.24, 2.45) is 5.92 Å². The van der Waals surface area contributed by atoms with Gasteiger partial charge in [-0.05, 0) is 39.5 Å². The standard InChI is InChI=1S/C14H24N2O3/c1-14(2,3)19-13(18)16-11-10(15-12(11)17)9-7-5-4-6-8-9/h9-11H,4-8H2,1-3H3,(H,15,17)(H,16,18)/t10-,11-/m1/s1. The van der Waals surface area contributed by atoms with Crippen LogP contribution in [0.15, 0.2) is 0 Å². The lowest BCUT2D eigenvalue weighted by Gasteiger charge is -2.43. The zero-order chi connectivity index (χ0) is 14.0. The Labute approximate surface area is 114 Å². The van der Waals surface area contributed by atoms with E-state index in [4.69, 9.17) is 4.74 Å². The fourth-order valence-electron chi connectivity index (χ4n) is 2.88. The van der Waals surface area contributed by atoms with E-state index in [9.17, 15) is 9.59 Å². The molecule has 19 heavy (non-hydrogen) atoms. The Morgan fingerprint density at radius 1 is 1.26 bits per heavy atom. The van der Waals surface area contributed by atoms with Gasteiger partial charge in [0.05, 0.1) is 6.04 Å². The summed E-state index contributed by atoms with van der Waals surface area (Å²) < 4.78 is 5.20. The van der Waals surface area contributed by atoms with Crippen molar-refractivity contribution in [1.82, 2.24) is 10.6 Å². The van der Waals surface area contributed by atoms with Crippen molar-refractivity contribution in [1.29, 1.82) is 0 Å². The Morgan fingerprint density at radius 2 is 1.89 bits per heavy atom. The summed E-state index contributed by atoms with van der Waals surface area (Å²) >= 11 is 0. The number of alkyl carbamates (subject to hydrolysis) is 1. The van der Waals surface area contributed by atoms with Gasteiger partial charge in [0, 0.05) is 0 Å². The molecule has 2 fully saturated rings. The van der Waals surface area contributed by atoms with Gasteiger partial charge in [0.1, 0.15) is 11.6 Å². The van der Waals surface area contributed by atoms with E-state index in [0.717, 1.165) is 12.8 Å². The van der Waals surface area contributed by atoms with Gasteiger partial charge in [-0.2, -0.15) is 0 Å². The van der Waals surface area contributed by atoms with Gasteiger partial charge in [-0.3, -0.25) is 4.79 Å². The predicted molar refractivity (Wildman–Crippen MR) is 71.7 cm³/mol.